The maximum atomic E-state index is 4.68. The zero-order chi connectivity index (χ0) is 12.2. The van der Waals surface area contributed by atoms with Gasteiger partial charge in [0.25, 0.3) is 0 Å². The molecule has 4 nitrogen and oxygen atoms in total. The second-order valence-corrected chi connectivity index (χ2v) is 4.83. The number of rotatable bonds is 2. The van der Waals surface area contributed by atoms with Gasteiger partial charge in [0.2, 0.25) is 0 Å². The monoisotopic (exact) mass is 244 g/mol. The highest BCUT2D eigenvalue weighted by molar-refractivity contribution is 5.81. The molecule has 1 saturated heterocycles. The van der Waals surface area contributed by atoms with E-state index < -0.39 is 0 Å². The van der Waals surface area contributed by atoms with Crippen LogP contribution in [0.15, 0.2) is 35.3 Å². The van der Waals surface area contributed by atoms with Gasteiger partial charge in [0.15, 0.2) is 5.96 Å². The predicted molar refractivity (Wildman–Crippen MR) is 73.6 cm³/mol. The minimum absolute atomic E-state index is 0.937. The fourth-order valence-corrected chi connectivity index (χ4v) is 2.59. The van der Waals surface area contributed by atoms with Crippen molar-refractivity contribution in [2.24, 2.45) is 4.99 Å². The van der Waals surface area contributed by atoms with E-state index in [4.69, 9.17) is 0 Å². The molecular weight excluding hydrogens is 224 g/mol. The van der Waals surface area contributed by atoms with Gasteiger partial charge >= 0.3 is 0 Å². The van der Waals surface area contributed by atoms with E-state index in [9.17, 15) is 0 Å². The van der Waals surface area contributed by atoms with Crippen LogP contribution in [-0.4, -0.2) is 55.0 Å². The third kappa shape index (κ3) is 2.48. The summed E-state index contributed by atoms with van der Waals surface area (Å²) in [6, 6.07) is 10.7. The van der Waals surface area contributed by atoms with Crippen LogP contribution < -0.4 is 5.32 Å². The minimum atomic E-state index is 0.937. The van der Waals surface area contributed by atoms with Gasteiger partial charge in [-0.05, 0) is 5.56 Å². The van der Waals surface area contributed by atoms with Crippen LogP contribution in [-0.2, 0) is 6.54 Å². The Bertz CT molecular complexity index is 409. The lowest BCUT2D eigenvalue weighted by atomic mass is 10.2. The Kier molecular flexibility index (Phi) is 3.46. The SMILES string of the molecule is c1ccc(CN2CCN=C2N2CCNCC2)cc1. The molecule has 0 unspecified atom stereocenters. The third-order valence-electron chi connectivity index (χ3n) is 3.52. The minimum Gasteiger partial charge on any atom is -0.340 e. The Hall–Kier alpha value is -1.55. The molecule has 0 aromatic heterocycles. The van der Waals surface area contributed by atoms with E-state index in [1.807, 2.05) is 0 Å². The first-order valence-corrected chi connectivity index (χ1v) is 6.72. The lowest BCUT2D eigenvalue weighted by Crippen LogP contribution is -2.50. The van der Waals surface area contributed by atoms with Gasteiger partial charge < -0.3 is 15.1 Å². The molecule has 0 amide bonds. The molecule has 0 spiro atoms. The van der Waals surface area contributed by atoms with Crippen LogP contribution >= 0.6 is 0 Å². The predicted octanol–water partition coefficient (Wildman–Crippen LogP) is 0.763. The van der Waals surface area contributed by atoms with Gasteiger partial charge in [-0.1, -0.05) is 30.3 Å². The number of benzene rings is 1. The van der Waals surface area contributed by atoms with Crippen LogP contribution in [0.3, 0.4) is 0 Å². The van der Waals surface area contributed by atoms with Crippen molar-refractivity contribution in [1.29, 1.82) is 0 Å². The van der Waals surface area contributed by atoms with Gasteiger partial charge in [-0.3, -0.25) is 4.99 Å². The zero-order valence-electron chi connectivity index (χ0n) is 10.7. The molecule has 0 aliphatic carbocycles. The lowest BCUT2D eigenvalue weighted by molar-refractivity contribution is 0.303. The topological polar surface area (TPSA) is 30.9 Å². The summed E-state index contributed by atoms with van der Waals surface area (Å²) in [7, 11) is 0. The molecule has 1 fully saturated rings. The summed E-state index contributed by atoms with van der Waals surface area (Å²) < 4.78 is 0. The molecule has 0 saturated carbocycles. The Morgan fingerprint density at radius 2 is 1.83 bits per heavy atom. The summed E-state index contributed by atoms with van der Waals surface area (Å²) in [6.45, 7) is 7.24. The van der Waals surface area contributed by atoms with Gasteiger partial charge in [-0.25, -0.2) is 0 Å². The molecule has 2 aliphatic heterocycles. The molecule has 2 aliphatic rings. The van der Waals surface area contributed by atoms with E-state index in [-0.39, 0.29) is 0 Å². The smallest absolute Gasteiger partial charge is 0.197 e. The second kappa shape index (κ2) is 5.40. The fraction of sp³-hybridized carbons (Fsp3) is 0.500. The number of piperazine rings is 1. The van der Waals surface area contributed by atoms with E-state index in [2.05, 4.69) is 50.4 Å². The molecule has 1 N–H and O–H groups in total. The number of aliphatic imine (C=N–C) groups is 1. The van der Waals surface area contributed by atoms with Crippen molar-refractivity contribution in [2.75, 3.05) is 39.3 Å². The van der Waals surface area contributed by atoms with Gasteiger partial charge in [-0.15, -0.1) is 0 Å². The van der Waals surface area contributed by atoms with Crippen molar-refractivity contribution < 1.29 is 0 Å². The van der Waals surface area contributed by atoms with Crippen molar-refractivity contribution in [3.8, 4) is 0 Å². The van der Waals surface area contributed by atoms with Crippen LogP contribution in [0.1, 0.15) is 5.56 Å². The van der Waals surface area contributed by atoms with E-state index in [0.29, 0.717) is 0 Å². The van der Waals surface area contributed by atoms with E-state index in [1.165, 1.54) is 11.5 Å². The Labute approximate surface area is 108 Å². The summed E-state index contributed by atoms with van der Waals surface area (Å²) >= 11 is 0. The second-order valence-electron chi connectivity index (χ2n) is 4.83. The highest BCUT2D eigenvalue weighted by Gasteiger charge is 2.23. The highest BCUT2D eigenvalue weighted by Crippen LogP contribution is 2.12. The molecule has 0 atom stereocenters. The number of hydrogen-bond acceptors (Lipinski definition) is 4. The number of guanidine groups is 1. The summed E-state index contributed by atoms with van der Waals surface area (Å²) in [5.74, 6) is 1.19. The van der Waals surface area contributed by atoms with Crippen molar-refractivity contribution in [1.82, 2.24) is 15.1 Å². The van der Waals surface area contributed by atoms with Gasteiger partial charge in [0.05, 0.1) is 6.54 Å². The Morgan fingerprint density at radius 3 is 2.61 bits per heavy atom. The third-order valence-corrected chi connectivity index (χ3v) is 3.52. The van der Waals surface area contributed by atoms with E-state index >= 15 is 0 Å². The first-order chi connectivity index (χ1) is 8.93. The van der Waals surface area contributed by atoms with Crippen LogP contribution in [0.2, 0.25) is 0 Å². The van der Waals surface area contributed by atoms with Crippen molar-refractivity contribution in [2.45, 2.75) is 6.54 Å². The molecule has 2 heterocycles. The van der Waals surface area contributed by atoms with Gasteiger partial charge in [-0.2, -0.15) is 0 Å². The maximum absolute atomic E-state index is 4.68. The van der Waals surface area contributed by atoms with Gasteiger partial charge in [0.1, 0.15) is 0 Å². The maximum Gasteiger partial charge on any atom is 0.197 e. The lowest BCUT2D eigenvalue weighted by Gasteiger charge is -2.33. The van der Waals surface area contributed by atoms with E-state index in [1.54, 1.807) is 0 Å². The first-order valence-electron chi connectivity index (χ1n) is 6.72. The standard InChI is InChI=1S/C14H20N4/c1-2-4-13(5-3-1)12-18-11-8-16-14(18)17-9-6-15-7-10-17/h1-5,15H,6-12H2. The number of hydrogen-bond donors (Lipinski definition) is 1. The van der Waals surface area contributed by atoms with Crippen LogP contribution in [0.4, 0.5) is 0 Å². The number of nitrogens with zero attached hydrogens (tertiary/aromatic N) is 3. The molecule has 18 heavy (non-hydrogen) atoms. The Balaban J connectivity index is 1.67. The van der Waals surface area contributed by atoms with E-state index in [0.717, 1.165) is 45.8 Å². The molecule has 1 aromatic rings. The average molecular weight is 244 g/mol. The fourth-order valence-electron chi connectivity index (χ4n) is 2.59. The largest absolute Gasteiger partial charge is 0.340 e. The highest BCUT2D eigenvalue weighted by atomic mass is 15.4. The summed E-state index contributed by atoms with van der Waals surface area (Å²) in [4.78, 5) is 9.49. The molecule has 96 valence electrons. The van der Waals surface area contributed by atoms with Crippen LogP contribution in [0.5, 0.6) is 0 Å². The summed E-state index contributed by atoms with van der Waals surface area (Å²) in [5.41, 5.74) is 1.36. The number of nitrogens with one attached hydrogen (secondary N) is 1. The zero-order valence-corrected chi connectivity index (χ0v) is 10.7. The Morgan fingerprint density at radius 1 is 1.06 bits per heavy atom. The molecule has 3 rings (SSSR count). The molecule has 4 heteroatoms. The molecule has 0 bridgehead atoms. The van der Waals surface area contributed by atoms with Crippen LogP contribution in [0.25, 0.3) is 0 Å². The van der Waals surface area contributed by atoms with Gasteiger partial charge in [0, 0.05) is 39.3 Å². The van der Waals surface area contributed by atoms with Crippen LogP contribution in [0, 0.1) is 0 Å². The summed E-state index contributed by atoms with van der Waals surface area (Å²) in [6.07, 6.45) is 0. The average Bonchev–Trinajstić information content (AvgIpc) is 2.89. The molecular formula is C14H20N4. The van der Waals surface area contributed by atoms with Crippen molar-refractivity contribution in [3.63, 3.8) is 0 Å². The quantitative estimate of drug-likeness (QED) is 0.833. The first kappa shape index (κ1) is 11.5. The molecule has 1 aromatic carbocycles. The summed E-state index contributed by atoms with van der Waals surface area (Å²) in [5, 5.41) is 3.39. The van der Waals surface area contributed by atoms with Crippen molar-refractivity contribution >= 4 is 5.96 Å². The normalized spacial score (nSPS) is 20.1. The molecule has 0 radical (unpaired) electrons. The van der Waals surface area contributed by atoms with Crippen molar-refractivity contribution in [3.05, 3.63) is 35.9 Å².